The van der Waals surface area contributed by atoms with Crippen LogP contribution in [-0.2, 0) is 0 Å². The fourth-order valence-corrected chi connectivity index (χ4v) is 2.68. The zero-order valence-corrected chi connectivity index (χ0v) is 12.5. The molecule has 1 unspecified atom stereocenters. The quantitative estimate of drug-likeness (QED) is 0.868. The van der Waals surface area contributed by atoms with Gasteiger partial charge in [-0.15, -0.1) is 0 Å². The lowest BCUT2D eigenvalue weighted by atomic mass is 10.1. The molecule has 5 heteroatoms. The number of hydrogen-bond acceptors (Lipinski definition) is 2. The Morgan fingerprint density at radius 2 is 2.29 bits per heavy atom. The molecule has 2 rings (SSSR count). The fourth-order valence-electron chi connectivity index (χ4n) is 1.89. The van der Waals surface area contributed by atoms with Gasteiger partial charge in [-0.1, -0.05) is 15.9 Å². The van der Waals surface area contributed by atoms with Crippen LogP contribution in [-0.4, -0.2) is 25.5 Å². The van der Waals surface area contributed by atoms with E-state index in [1.54, 1.807) is 0 Å². The maximum absolute atomic E-state index is 12.0. The molecule has 0 bridgehead atoms. The van der Waals surface area contributed by atoms with Gasteiger partial charge in [-0.25, -0.2) is 0 Å². The van der Waals surface area contributed by atoms with Gasteiger partial charge in [0.2, 0.25) is 0 Å². The molecule has 1 amide bonds. The Morgan fingerprint density at radius 1 is 1.47 bits per heavy atom. The Labute approximate surface area is 118 Å². The van der Waals surface area contributed by atoms with E-state index in [2.05, 4.69) is 42.5 Å². The summed E-state index contributed by atoms with van der Waals surface area (Å²) in [6.07, 6.45) is 1.14. The molecule has 1 saturated heterocycles. The van der Waals surface area contributed by atoms with E-state index in [0.717, 1.165) is 35.0 Å². The average Bonchev–Trinajstić information content (AvgIpc) is 2.82. The highest BCUT2D eigenvalue weighted by Gasteiger charge is 2.16. The lowest BCUT2D eigenvalue weighted by Crippen LogP contribution is -2.30. The Hall–Kier alpha value is -0.390. The zero-order chi connectivity index (χ0) is 12.3. The third-order valence-electron chi connectivity index (χ3n) is 2.89. The van der Waals surface area contributed by atoms with E-state index in [1.807, 2.05) is 18.2 Å². The largest absolute Gasteiger partial charge is 0.352 e. The summed E-state index contributed by atoms with van der Waals surface area (Å²) in [5.74, 6) is 0.537. The molecule has 1 aromatic rings. The molecule has 3 nitrogen and oxygen atoms in total. The molecule has 1 fully saturated rings. The van der Waals surface area contributed by atoms with Gasteiger partial charge in [0.1, 0.15) is 0 Å². The van der Waals surface area contributed by atoms with E-state index in [-0.39, 0.29) is 5.91 Å². The van der Waals surface area contributed by atoms with Crippen molar-refractivity contribution >= 4 is 37.8 Å². The summed E-state index contributed by atoms with van der Waals surface area (Å²) in [4.78, 5) is 12.0. The van der Waals surface area contributed by atoms with Gasteiger partial charge in [0, 0.05) is 15.5 Å². The van der Waals surface area contributed by atoms with Crippen molar-refractivity contribution in [1.29, 1.82) is 0 Å². The van der Waals surface area contributed by atoms with Crippen molar-refractivity contribution in [3.05, 3.63) is 32.7 Å². The average molecular weight is 362 g/mol. The van der Waals surface area contributed by atoms with Crippen LogP contribution in [0, 0.1) is 5.92 Å². The van der Waals surface area contributed by atoms with Crippen LogP contribution in [0.15, 0.2) is 27.1 Å². The lowest BCUT2D eigenvalue weighted by Gasteiger charge is -2.11. The number of carbonyl (C=O) groups is 1. The highest BCUT2D eigenvalue weighted by atomic mass is 79.9. The van der Waals surface area contributed by atoms with Crippen molar-refractivity contribution in [3.8, 4) is 0 Å². The SMILES string of the molecule is O=C(NCC1CCNC1)c1cc(Br)ccc1Br. The molecule has 92 valence electrons. The lowest BCUT2D eigenvalue weighted by molar-refractivity contribution is 0.0947. The standard InChI is InChI=1S/C12H14Br2N2O/c13-9-1-2-11(14)10(5-9)12(17)16-7-8-3-4-15-6-8/h1-2,5,8,15H,3-4,6-7H2,(H,16,17). The van der Waals surface area contributed by atoms with Crippen molar-refractivity contribution in [2.75, 3.05) is 19.6 Å². The zero-order valence-electron chi connectivity index (χ0n) is 9.30. The highest BCUT2D eigenvalue weighted by molar-refractivity contribution is 9.11. The van der Waals surface area contributed by atoms with Crippen LogP contribution in [0.5, 0.6) is 0 Å². The first-order valence-electron chi connectivity index (χ1n) is 5.61. The molecular weight excluding hydrogens is 348 g/mol. The second-order valence-corrected chi connectivity index (χ2v) is 5.96. The Balaban J connectivity index is 1.96. The molecule has 1 aliphatic rings. The molecule has 2 N–H and O–H groups in total. The van der Waals surface area contributed by atoms with Crippen molar-refractivity contribution in [1.82, 2.24) is 10.6 Å². The summed E-state index contributed by atoms with van der Waals surface area (Å²) >= 11 is 6.76. The second-order valence-electron chi connectivity index (χ2n) is 4.19. The van der Waals surface area contributed by atoms with E-state index in [1.165, 1.54) is 0 Å². The van der Waals surface area contributed by atoms with E-state index >= 15 is 0 Å². The Kier molecular flexibility index (Phi) is 4.59. The summed E-state index contributed by atoms with van der Waals surface area (Å²) in [6.45, 7) is 2.80. The molecule has 0 radical (unpaired) electrons. The number of rotatable bonds is 3. The van der Waals surface area contributed by atoms with Gasteiger partial charge in [-0.05, 0) is 59.6 Å². The number of hydrogen-bond donors (Lipinski definition) is 2. The first-order chi connectivity index (χ1) is 8.16. The second kappa shape index (κ2) is 5.98. The molecule has 0 aromatic heterocycles. The molecule has 1 aliphatic heterocycles. The van der Waals surface area contributed by atoms with Crippen LogP contribution in [0.2, 0.25) is 0 Å². The normalized spacial score (nSPS) is 19.3. The minimum Gasteiger partial charge on any atom is -0.352 e. The molecular formula is C12H14Br2N2O. The number of benzene rings is 1. The number of halogens is 2. The summed E-state index contributed by atoms with van der Waals surface area (Å²) < 4.78 is 1.73. The van der Waals surface area contributed by atoms with Gasteiger partial charge in [0.25, 0.3) is 5.91 Å². The van der Waals surface area contributed by atoms with E-state index < -0.39 is 0 Å². The van der Waals surface area contributed by atoms with Gasteiger partial charge in [0.05, 0.1) is 5.56 Å². The van der Waals surface area contributed by atoms with Gasteiger partial charge >= 0.3 is 0 Å². The van der Waals surface area contributed by atoms with Crippen LogP contribution in [0.1, 0.15) is 16.8 Å². The Morgan fingerprint density at radius 3 is 3.00 bits per heavy atom. The molecule has 0 spiro atoms. The minimum atomic E-state index is -0.0231. The third-order valence-corrected chi connectivity index (χ3v) is 4.07. The summed E-state index contributed by atoms with van der Waals surface area (Å²) in [7, 11) is 0. The van der Waals surface area contributed by atoms with Gasteiger partial charge in [-0.3, -0.25) is 4.79 Å². The predicted octanol–water partition coefficient (Wildman–Crippen LogP) is 2.55. The number of nitrogens with one attached hydrogen (secondary N) is 2. The van der Waals surface area contributed by atoms with Crippen LogP contribution in [0.3, 0.4) is 0 Å². The number of amides is 1. The Bertz CT molecular complexity index is 417. The molecule has 1 aromatic carbocycles. The van der Waals surface area contributed by atoms with Crippen molar-refractivity contribution in [2.24, 2.45) is 5.92 Å². The molecule has 0 saturated carbocycles. The van der Waals surface area contributed by atoms with Gasteiger partial charge in [-0.2, -0.15) is 0 Å². The van der Waals surface area contributed by atoms with E-state index in [9.17, 15) is 4.79 Å². The van der Waals surface area contributed by atoms with E-state index in [4.69, 9.17) is 0 Å². The monoisotopic (exact) mass is 360 g/mol. The summed E-state index contributed by atoms with van der Waals surface area (Å²) in [5, 5.41) is 6.27. The predicted molar refractivity (Wildman–Crippen MR) is 75.2 cm³/mol. The molecule has 1 atom stereocenters. The molecule has 0 aliphatic carbocycles. The van der Waals surface area contributed by atoms with Gasteiger partial charge in [0.15, 0.2) is 0 Å². The first-order valence-corrected chi connectivity index (χ1v) is 7.19. The fraction of sp³-hybridized carbons (Fsp3) is 0.417. The van der Waals surface area contributed by atoms with Crippen LogP contribution >= 0.6 is 31.9 Å². The summed E-state index contributed by atoms with van der Waals surface area (Å²) in [6, 6.07) is 5.60. The first kappa shape index (κ1) is 13.1. The highest BCUT2D eigenvalue weighted by Crippen LogP contribution is 2.21. The summed E-state index contributed by atoms with van der Waals surface area (Å²) in [5.41, 5.74) is 0.672. The maximum Gasteiger partial charge on any atom is 0.252 e. The minimum absolute atomic E-state index is 0.0231. The van der Waals surface area contributed by atoms with E-state index in [0.29, 0.717) is 11.5 Å². The maximum atomic E-state index is 12.0. The van der Waals surface area contributed by atoms with Crippen molar-refractivity contribution in [2.45, 2.75) is 6.42 Å². The smallest absolute Gasteiger partial charge is 0.252 e. The van der Waals surface area contributed by atoms with Gasteiger partial charge < -0.3 is 10.6 Å². The van der Waals surface area contributed by atoms with Crippen molar-refractivity contribution in [3.63, 3.8) is 0 Å². The van der Waals surface area contributed by atoms with Crippen LogP contribution in [0.4, 0.5) is 0 Å². The topological polar surface area (TPSA) is 41.1 Å². The third kappa shape index (κ3) is 3.53. The number of carbonyl (C=O) groups excluding carboxylic acids is 1. The van der Waals surface area contributed by atoms with Crippen LogP contribution < -0.4 is 10.6 Å². The molecule has 17 heavy (non-hydrogen) atoms. The van der Waals surface area contributed by atoms with Crippen molar-refractivity contribution < 1.29 is 4.79 Å². The molecule has 1 heterocycles. The van der Waals surface area contributed by atoms with Crippen LogP contribution in [0.25, 0.3) is 0 Å².